The lowest BCUT2D eigenvalue weighted by Crippen LogP contribution is -2.26. The lowest BCUT2D eigenvalue weighted by atomic mass is 10.3. The first-order chi connectivity index (χ1) is 8.90. The van der Waals surface area contributed by atoms with Crippen molar-refractivity contribution in [3.8, 4) is 0 Å². The summed E-state index contributed by atoms with van der Waals surface area (Å²) in [6.45, 7) is 1.71. The van der Waals surface area contributed by atoms with E-state index in [1.165, 1.54) is 24.5 Å². The first-order valence-electron chi connectivity index (χ1n) is 5.51. The zero-order chi connectivity index (χ0) is 14.0. The van der Waals surface area contributed by atoms with Crippen LogP contribution in [0.25, 0.3) is 0 Å². The monoisotopic (exact) mass is 344 g/mol. The fourth-order valence-electron chi connectivity index (χ4n) is 1.57. The third-order valence-corrected chi connectivity index (χ3v) is 4.81. The van der Waals surface area contributed by atoms with E-state index in [-0.39, 0.29) is 4.90 Å². The maximum atomic E-state index is 12.2. The second-order valence-electron chi connectivity index (χ2n) is 4.04. The van der Waals surface area contributed by atoms with Gasteiger partial charge in [0.15, 0.2) is 0 Å². The molecule has 1 atom stereocenters. The highest BCUT2D eigenvalue weighted by molar-refractivity contribution is 9.10. The number of hydrogen-bond donors (Lipinski definition) is 2. The molecule has 1 aromatic carbocycles. The summed E-state index contributed by atoms with van der Waals surface area (Å²) in [7, 11) is -3.62. The van der Waals surface area contributed by atoms with E-state index in [4.69, 9.17) is 10.2 Å². The van der Waals surface area contributed by atoms with Crippen LogP contribution < -0.4 is 10.5 Å². The minimum atomic E-state index is -3.62. The van der Waals surface area contributed by atoms with E-state index in [1.54, 1.807) is 19.1 Å². The van der Waals surface area contributed by atoms with E-state index in [0.29, 0.717) is 15.9 Å². The summed E-state index contributed by atoms with van der Waals surface area (Å²) in [5.74, 6) is 0.554. The Morgan fingerprint density at radius 3 is 2.68 bits per heavy atom. The van der Waals surface area contributed by atoms with Gasteiger partial charge in [-0.2, -0.15) is 0 Å². The van der Waals surface area contributed by atoms with Crippen molar-refractivity contribution in [2.24, 2.45) is 0 Å². The Bertz CT molecular complexity index is 668. The van der Waals surface area contributed by atoms with Gasteiger partial charge in [-0.1, -0.05) is 0 Å². The van der Waals surface area contributed by atoms with Crippen molar-refractivity contribution in [2.45, 2.75) is 17.9 Å². The topological polar surface area (TPSA) is 85.3 Å². The Morgan fingerprint density at radius 1 is 1.37 bits per heavy atom. The SMILES string of the molecule is CC(NS(=O)(=O)c1ccc(N)c(Br)c1)c1ccco1. The Morgan fingerprint density at radius 2 is 2.11 bits per heavy atom. The molecule has 102 valence electrons. The van der Waals surface area contributed by atoms with Gasteiger partial charge in [0, 0.05) is 10.2 Å². The molecule has 19 heavy (non-hydrogen) atoms. The normalized spacial score (nSPS) is 13.4. The van der Waals surface area contributed by atoms with Crippen molar-refractivity contribution < 1.29 is 12.8 Å². The van der Waals surface area contributed by atoms with Crippen molar-refractivity contribution in [1.82, 2.24) is 4.72 Å². The molecule has 1 aromatic heterocycles. The largest absolute Gasteiger partial charge is 0.468 e. The van der Waals surface area contributed by atoms with Crippen molar-refractivity contribution in [2.75, 3.05) is 5.73 Å². The molecule has 5 nitrogen and oxygen atoms in total. The molecule has 0 bridgehead atoms. The number of nitrogens with two attached hydrogens (primary N) is 1. The van der Waals surface area contributed by atoms with Crippen molar-refractivity contribution in [3.05, 3.63) is 46.8 Å². The van der Waals surface area contributed by atoms with Crippen LogP contribution in [0.4, 0.5) is 5.69 Å². The van der Waals surface area contributed by atoms with Gasteiger partial charge < -0.3 is 10.2 Å². The van der Waals surface area contributed by atoms with E-state index < -0.39 is 16.1 Å². The summed E-state index contributed by atoms with van der Waals surface area (Å²) in [5.41, 5.74) is 6.12. The van der Waals surface area contributed by atoms with Crippen LogP contribution in [-0.4, -0.2) is 8.42 Å². The molecular formula is C12H13BrN2O3S. The molecule has 0 aliphatic rings. The van der Waals surface area contributed by atoms with E-state index >= 15 is 0 Å². The molecule has 3 N–H and O–H groups in total. The minimum absolute atomic E-state index is 0.145. The molecule has 1 heterocycles. The van der Waals surface area contributed by atoms with Crippen molar-refractivity contribution in [1.29, 1.82) is 0 Å². The molecule has 0 saturated carbocycles. The molecular weight excluding hydrogens is 332 g/mol. The molecule has 0 saturated heterocycles. The summed E-state index contributed by atoms with van der Waals surface area (Å²) < 4.78 is 32.6. The smallest absolute Gasteiger partial charge is 0.241 e. The summed E-state index contributed by atoms with van der Waals surface area (Å²) in [4.78, 5) is 0.145. The van der Waals surface area contributed by atoms with Crippen molar-refractivity contribution >= 4 is 31.6 Å². The number of sulfonamides is 1. The quantitative estimate of drug-likeness (QED) is 0.835. The molecule has 2 aromatic rings. The molecule has 2 rings (SSSR count). The zero-order valence-corrected chi connectivity index (χ0v) is 12.5. The van der Waals surface area contributed by atoms with Crippen LogP contribution >= 0.6 is 15.9 Å². The number of furan rings is 1. The molecule has 0 aliphatic heterocycles. The molecule has 0 fully saturated rings. The fraction of sp³-hybridized carbons (Fsp3) is 0.167. The van der Waals surface area contributed by atoms with Gasteiger partial charge in [0.2, 0.25) is 10.0 Å². The van der Waals surface area contributed by atoms with Crippen LogP contribution in [0.15, 0.2) is 50.4 Å². The molecule has 0 radical (unpaired) electrons. The van der Waals surface area contributed by atoms with E-state index in [0.717, 1.165) is 0 Å². The van der Waals surface area contributed by atoms with Gasteiger partial charge in [0.05, 0.1) is 17.2 Å². The second-order valence-corrected chi connectivity index (χ2v) is 6.61. The summed E-state index contributed by atoms with van der Waals surface area (Å²) >= 11 is 3.21. The summed E-state index contributed by atoms with van der Waals surface area (Å²) in [6, 6.07) is 7.43. The maximum absolute atomic E-state index is 12.2. The highest BCUT2D eigenvalue weighted by Crippen LogP contribution is 2.24. The average molecular weight is 345 g/mol. The first-order valence-corrected chi connectivity index (χ1v) is 7.78. The van der Waals surface area contributed by atoms with E-state index in [1.807, 2.05) is 0 Å². The van der Waals surface area contributed by atoms with Gasteiger partial charge in [0.25, 0.3) is 0 Å². The lowest BCUT2D eigenvalue weighted by molar-refractivity contribution is 0.459. The average Bonchev–Trinajstić information content (AvgIpc) is 2.85. The van der Waals surface area contributed by atoms with Gasteiger partial charge in [0.1, 0.15) is 5.76 Å². The number of nitrogen functional groups attached to an aromatic ring is 1. The molecule has 0 aliphatic carbocycles. The fourth-order valence-corrected chi connectivity index (χ4v) is 3.34. The number of anilines is 1. The first kappa shape index (κ1) is 14.1. The Kier molecular flexibility index (Phi) is 3.98. The second kappa shape index (κ2) is 5.36. The Labute approximate surface area is 120 Å². The Balaban J connectivity index is 2.25. The van der Waals surface area contributed by atoms with Crippen LogP contribution in [-0.2, 0) is 10.0 Å². The minimum Gasteiger partial charge on any atom is -0.468 e. The number of benzene rings is 1. The standard InChI is InChI=1S/C12H13BrN2O3S/c1-8(12-3-2-6-18-12)15-19(16,17)9-4-5-11(14)10(13)7-9/h2-8,15H,14H2,1H3. The van der Waals surface area contributed by atoms with Gasteiger partial charge in [-0.3, -0.25) is 0 Å². The third-order valence-electron chi connectivity index (χ3n) is 2.58. The zero-order valence-electron chi connectivity index (χ0n) is 10.1. The number of rotatable bonds is 4. The van der Waals surface area contributed by atoms with Gasteiger partial charge in [-0.15, -0.1) is 0 Å². The molecule has 1 unspecified atom stereocenters. The number of hydrogen-bond acceptors (Lipinski definition) is 4. The molecule has 0 spiro atoms. The molecule has 0 amide bonds. The van der Waals surface area contributed by atoms with Crippen LogP contribution in [0.3, 0.4) is 0 Å². The van der Waals surface area contributed by atoms with E-state index in [2.05, 4.69) is 20.7 Å². The predicted octanol–water partition coefficient (Wildman–Crippen LogP) is 2.66. The molecule has 7 heteroatoms. The number of halogens is 1. The highest BCUT2D eigenvalue weighted by atomic mass is 79.9. The van der Waals surface area contributed by atoms with Crippen LogP contribution in [0, 0.1) is 0 Å². The summed E-state index contributed by atoms with van der Waals surface area (Å²) in [6.07, 6.45) is 1.50. The predicted molar refractivity (Wildman–Crippen MR) is 76.0 cm³/mol. The van der Waals surface area contributed by atoms with Crippen LogP contribution in [0.5, 0.6) is 0 Å². The third kappa shape index (κ3) is 3.17. The maximum Gasteiger partial charge on any atom is 0.241 e. The van der Waals surface area contributed by atoms with Gasteiger partial charge in [-0.05, 0) is 53.2 Å². The van der Waals surface area contributed by atoms with Crippen LogP contribution in [0.2, 0.25) is 0 Å². The van der Waals surface area contributed by atoms with Gasteiger partial charge in [-0.25, -0.2) is 13.1 Å². The highest BCUT2D eigenvalue weighted by Gasteiger charge is 2.20. The number of nitrogens with one attached hydrogen (secondary N) is 1. The Hall–Kier alpha value is -1.31. The van der Waals surface area contributed by atoms with Crippen molar-refractivity contribution in [3.63, 3.8) is 0 Å². The van der Waals surface area contributed by atoms with E-state index in [9.17, 15) is 8.42 Å². The van der Waals surface area contributed by atoms with Gasteiger partial charge >= 0.3 is 0 Å². The lowest BCUT2D eigenvalue weighted by Gasteiger charge is -2.12. The van der Waals surface area contributed by atoms with Crippen LogP contribution in [0.1, 0.15) is 18.7 Å². The summed E-state index contributed by atoms with van der Waals surface area (Å²) in [5, 5.41) is 0.